The number of hydrazone groups is 1. The zero-order chi connectivity index (χ0) is 16.8. The van der Waals surface area contributed by atoms with Gasteiger partial charge < -0.3 is 14.4 Å². The lowest BCUT2D eigenvalue weighted by Crippen LogP contribution is -2.43. The predicted octanol–water partition coefficient (Wildman–Crippen LogP) is 1.82. The van der Waals surface area contributed by atoms with Gasteiger partial charge in [-0.15, -0.1) is 11.3 Å². The third-order valence-corrected chi connectivity index (χ3v) is 4.17. The highest BCUT2D eigenvalue weighted by Gasteiger charge is 2.35. The van der Waals surface area contributed by atoms with Crippen LogP contribution in [0.25, 0.3) is 0 Å². The van der Waals surface area contributed by atoms with E-state index in [0.29, 0.717) is 37.3 Å². The molecule has 0 radical (unpaired) electrons. The Morgan fingerprint density at radius 2 is 2.17 bits per heavy atom. The molecule has 1 saturated heterocycles. The Morgan fingerprint density at radius 3 is 2.70 bits per heavy atom. The monoisotopic (exact) mass is 363 g/mol. The number of halogens is 1. The molecule has 128 valence electrons. The molecule has 0 amide bonds. The minimum atomic E-state index is -0.713. The first-order valence-corrected chi connectivity index (χ1v) is 8.32. The lowest BCUT2D eigenvalue weighted by molar-refractivity contribution is -0.486. The van der Waals surface area contributed by atoms with Gasteiger partial charge in [0, 0.05) is 37.4 Å². The van der Waals surface area contributed by atoms with Crippen LogP contribution >= 0.6 is 22.9 Å². The molecular formula is C12H18ClN5O4S. The van der Waals surface area contributed by atoms with Crippen molar-refractivity contribution in [1.29, 1.82) is 0 Å². The van der Waals surface area contributed by atoms with E-state index in [1.807, 2.05) is 13.8 Å². The summed E-state index contributed by atoms with van der Waals surface area (Å²) in [5, 5.41) is 13.7. The molecule has 9 nitrogen and oxygen atoms in total. The SMILES string of the molecule is CCOC(OCC)N1CCN(Cc2cnc(Cl)s2)/C1=N\[N+](=O)[O-]. The molecule has 1 aromatic heterocycles. The van der Waals surface area contributed by atoms with E-state index in [-0.39, 0.29) is 5.96 Å². The van der Waals surface area contributed by atoms with Crippen molar-refractivity contribution in [3.8, 4) is 0 Å². The van der Waals surface area contributed by atoms with Crippen LogP contribution in [0.3, 0.4) is 0 Å². The fourth-order valence-corrected chi connectivity index (χ4v) is 3.20. The molecule has 2 rings (SSSR count). The van der Waals surface area contributed by atoms with Gasteiger partial charge in [-0.05, 0) is 13.8 Å². The van der Waals surface area contributed by atoms with Gasteiger partial charge in [-0.2, -0.15) is 0 Å². The molecule has 0 aliphatic carbocycles. The van der Waals surface area contributed by atoms with Crippen LogP contribution in [-0.4, -0.2) is 58.5 Å². The van der Waals surface area contributed by atoms with Crippen molar-refractivity contribution in [3.63, 3.8) is 0 Å². The van der Waals surface area contributed by atoms with Crippen molar-refractivity contribution in [2.24, 2.45) is 5.10 Å². The van der Waals surface area contributed by atoms with E-state index in [0.717, 1.165) is 4.88 Å². The first-order chi connectivity index (χ1) is 11.0. The summed E-state index contributed by atoms with van der Waals surface area (Å²) in [6, 6.07) is 0. The number of thiazole rings is 1. The second-order valence-corrected chi connectivity index (χ2v) is 6.25. The average molecular weight is 364 g/mol. The van der Waals surface area contributed by atoms with E-state index in [9.17, 15) is 10.1 Å². The Bertz CT molecular complexity index is 563. The maximum absolute atomic E-state index is 10.9. The predicted molar refractivity (Wildman–Crippen MR) is 85.7 cm³/mol. The fraction of sp³-hybridized carbons (Fsp3) is 0.667. The summed E-state index contributed by atoms with van der Waals surface area (Å²) in [5.74, 6) is 0.214. The highest BCUT2D eigenvalue weighted by molar-refractivity contribution is 7.15. The van der Waals surface area contributed by atoms with Crippen LogP contribution < -0.4 is 0 Å². The molecule has 1 aliphatic rings. The van der Waals surface area contributed by atoms with Crippen molar-refractivity contribution < 1.29 is 14.5 Å². The van der Waals surface area contributed by atoms with Crippen LogP contribution in [0.4, 0.5) is 0 Å². The number of guanidine groups is 1. The topological polar surface area (TPSA) is 93.3 Å². The Morgan fingerprint density at radius 1 is 1.48 bits per heavy atom. The van der Waals surface area contributed by atoms with Crippen molar-refractivity contribution in [2.45, 2.75) is 26.8 Å². The zero-order valence-electron chi connectivity index (χ0n) is 12.8. The Balaban J connectivity index is 2.18. The number of hydrogen-bond acceptors (Lipinski definition) is 6. The van der Waals surface area contributed by atoms with Crippen molar-refractivity contribution in [2.75, 3.05) is 26.3 Å². The lowest BCUT2D eigenvalue weighted by atomic mass is 10.5. The van der Waals surface area contributed by atoms with Gasteiger partial charge in [-0.3, -0.25) is 4.90 Å². The molecule has 0 unspecified atom stereocenters. The Labute approximate surface area is 142 Å². The van der Waals surface area contributed by atoms with Crippen LogP contribution in [0.2, 0.25) is 4.47 Å². The molecule has 0 N–H and O–H groups in total. The van der Waals surface area contributed by atoms with Crippen molar-refractivity contribution in [1.82, 2.24) is 14.8 Å². The summed E-state index contributed by atoms with van der Waals surface area (Å²) in [4.78, 5) is 19.2. The van der Waals surface area contributed by atoms with Gasteiger partial charge in [0.1, 0.15) is 5.10 Å². The lowest BCUT2D eigenvalue weighted by Gasteiger charge is -2.28. The summed E-state index contributed by atoms with van der Waals surface area (Å²) in [6.07, 6.45) is 0.959. The normalized spacial score (nSPS) is 16.8. The number of nitrogens with zero attached hydrogens (tertiary/aromatic N) is 5. The van der Waals surface area contributed by atoms with Gasteiger partial charge in [-0.25, -0.2) is 15.1 Å². The van der Waals surface area contributed by atoms with E-state index in [2.05, 4.69) is 10.1 Å². The highest BCUT2D eigenvalue weighted by Crippen LogP contribution is 2.23. The van der Waals surface area contributed by atoms with Gasteiger partial charge in [0.15, 0.2) is 9.50 Å². The smallest absolute Gasteiger partial charge is 0.278 e. The number of hydrogen-bond donors (Lipinski definition) is 0. The third-order valence-electron chi connectivity index (χ3n) is 3.07. The second-order valence-electron chi connectivity index (χ2n) is 4.55. The van der Waals surface area contributed by atoms with Crippen LogP contribution in [-0.2, 0) is 16.0 Å². The minimum Gasteiger partial charge on any atom is -0.335 e. The van der Waals surface area contributed by atoms with E-state index in [1.54, 1.807) is 16.0 Å². The standard InChI is InChI=1S/C12H18ClN5O4S/c1-3-21-12(22-4-2)17-6-5-16(11(17)15-18(19)20)8-9-7-14-10(13)23-9/h7,12H,3-6,8H2,1-2H3/b15-11+. The average Bonchev–Trinajstić information content (AvgIpc) is 3.06. The second kappa shape index (κ2) is 8.39. The maximum atomic E-state index is 10.9. The highest BCUT2D eigenvalue weighted by atomic mass is 35.5. The molecule has 0 bridgehead atoms. The van der Waals surface area contributed by atoms with Crippen LogP contribution in [0, 0.1) is 10.1 Å². The van der Waals surface area contributed by atoms with Crippen LogP contribution in [0.15, 0.2) is 11.3 Å². The fourth-order valence-electron chi connectivity index (χ4n) is 2.21. The molecule has 11 heteroatoms. The number of aromatic nitrogens is 1. The molecule has 0 spiro atoms. The third kappa shape index (κ3) is 4.74. The molecule has 1 aliphatic heterocycles. The van der Waals surface area contributed by atoms with Crippen molar-refractivity contribution in [3.05, 3.63) is 25.7 Å². The van der Waals surface area contributed by atoms with E-state index in [4.69, 9.17) is 21.1 Å². The summed E-state index contributed by atoms with van der Waals surface area (Å²) >= 11 is 7.16. The summed E-state index contributed by atoms with van der Waals surface area (Å²) in [7, 11) is 0. The molecule has 1 aromatic rings. The number of nitro groups is 1. The minimum absolute atomic E-state index is 0.214. The van der Waals surface area contributed by atoms with E-state index in [1.165, 1.54) is 11.3 Å². The molecule has 1 fully saturated rings. The van der Waals surface area contributed by atoms with Crippen molar-refractivity contribution >= 4 is 28.9 Å². The van der Waals surface area contributed by atoms with Crippen LogP contribution in [0.1, 0.15) is 18.7 Å². The van der Waals surface area contributed by atoms with Crippen LogP contribution in [0.5, 0.6) is 0 Å². The van der Waals surface area contributed by atoms with Gasteiger partial charge in [-0.1, -0.05) is 11.6 Å². The quantitative estimate of drug-likeness (QED) is 0.395. The number of rotatable bonds is 8. The zero-order valence-corrected chi connectivity index (χ0v) is 14.4. The van der Waals surface area contributed by atoms with Gasteiger partial charge >= 0.3 is 0 Å². The van der Waals surface area contributed by atoms with E-state index >= 15 is 0 Å². The first kappa shape index (κ1) is 17.9. The number of ether oxygens (including phenoxy) is 2. The van der Waals surface area contributed by atoms with Gasteiger partial charge in [0.05, 0.1) is 6.54 Å². The summed E-state index contributed by atoms with van der Waals surface area (Å²) in [6.45, 7) is 6.06. The molecule has 0 saturated carbocycles. The molecule has 0 aromatic carbocycles. The first-order valence-electron chi connectivity index (χ1n) is 7.13. The maximum Gasteiger partial charge on any atom is 0.278 e. The van der Waals surface area contributed by atoms with E-state index < -0.39 is 11.4 Å². The molecule has 0 atom stereocenters. The van der Waals surface area contributed by atoms with Gasteiger partial charge in [0.25, 0.3) is 5.96 Å². The van der Waals surface area contributed by atoms with Gasteiger partial charge in [0.2, 0.25) is 6.41 Å². The summed E-state index contributed by atoms with van der Waals surface area (Å²) in [5.41, 5.74) is 0. The largest absolute Gasteiger partial charge is 0.335 e. The summed E-state index contributed by atoms with van der Waals surface area (Å²) < 4.78 is 11.5. The Kier molecular flexibility index (Phi) is 6.51. The molecular weight excluding hydrogens is 346 g/mol. The molecule has 2 heterocycles. The Hall–Kier alpha value is -1.49. The molecule has 23 heavy (non-hydrogen) atoms.